The van der Waals surface area contributed by atoms with Gasteiger partial charge in [0, 0.05) is 15.5 Å². The number of hydrogen-bond acceptors (Lipinski definition) is 7. The smallest absolute Gasteiger partial charge is 0.236 e. The van der Waals surface area contributed by atoms with Crippen LogP contribution in [0.25, 0.3) is 11.4 Å². The van der Waals surface area contributed by atoms with E-state index in [1.807, 2.05) is 26.0 Å². The summed E-state index contributed by atoms with van der Waals surface area (Å²) >= 11 is 8.63. The van der Waals surface area contributed by atoms with E-state index in [0.717, 1.165) is 16.1 Å². The Balaban J connectivity index is 1.65. The van der Waals surface area contributed by atoms with Crippen molar-refractivity contribution in [2.24, 2.45) is 0 Å². The van der Waals surface area contributed by atoms with Crippen LogP contribution in [0.5, 0.6) is 0 Å². The minimum Gasteiger partial charge on any atom is -0.335 e. The largest absolute Gasteiger partial charge is 0.335 e. The van der Waals surface area contributed by atoms with Crippen LogP contribution < -0.4 is 11.2 Å². The van der Waals surface area contributed by atoms with Gasteiger partial charge >= 0.3 is 0 Å². The molecule has 3 N–H and O–H groups in total. The Morgan fingerprint density at radius 3 is 2.88 bits per heavy atom. The number of thioether (sulfide) groups is 1. The second-order valence-electron chi connectivity index (χ2n) is 5.18. The Kier molecular flexibility index (Phi) is 5.26. The van der Waals surface area contributed by atoms with Crippen molar-refractivity contribution in [2.75, 3.05) is 16.9 Å². The first-order chi connectivity index (χ1) is 11.9. The molecule has 0 atom stereocenters. The lowest BCUT2D eigenvalue weighted by Gasteiger charge is -2.04. The zero-order valence-electron chi connectivity index (χ0n) is 13.5. The first-order valence-corrected chi connectivity index (χ1v) is 9.45. The summed E-state index contributed by atoms with van der Waals surface area (Å²) in [7, 11) is 0. The molecule has 1 amide bonds. The van der Waals surface area contributed by atoms with Gasteiger partial charge in [-0.2, -0.15) is 0 Å². The third kappa shape index (κ3) is 4.12. The van der Waals surface area contributed by atoms with Gasteiger partial charge in [0.25, 0.3) is 0 Å². The zero-order chi connectivity index (χ0) is 18.0. The maximum absolute atomic E-state index is 12.1. The molecule has 3 rings (SSSR count). The lowest BCUT2D eigenvalue weighted by molar-refractivity contribution is -0.113. The summed E-state index contributed by atoms with van der Waals surface area (Å²) in [6.45, 7) is 3.87. The van der Waals surface area contributed by atoms with Crippen molar-refractivity contribution in [3.05, 3.63) is 39.9 Å². The van der Waals surface area contributed by atoms with Gasteiger partial charge in [-0.25, -0.2) is 9.66 Å². The van der Waals surface area contributed by atoms with E-state index in [-0.39, 0.29) is 11.7 Å². The summed E-state index contributed by atoms with van der Waals surface area (Å²) < 4.78 is 1.35. The topological polar surface area (TPSA) is 98.7 Å². The molecule has 7 nitrogen and oxygen atoms in total. The highest BCUT2D eigenvalue weighted by Gasteiger charge is 2.15. The third-order valence-electron chi connectivity index (χ3n) is 3.35. The number of aryl methyl sites for hydroxylation is 2. The minimum absolute atomic E-state index is 0.155. The van der Waals surface area contributed by atoms with Gasteiger partial charge in [0.2, 0.25) is 11.1 Å². The highest BCUT2D eigenvalue weighted by Crippen LogP contribution is 2.25. The Labute approximate surface area is 157 Å². The van der Waals surface area contributed by atoms with E-state index >= 15 is 0 Å². The van der Waals surface area contributed by atoms with Gasteiger partial charge in [-0.1, -0.05) is 35.5 Å². The first kappa shape index (κ1) is 17.7. The number of benzene rings is 1. The van der Waals surface area contributed by atoms with Crippen molar-refractivity contribution in [2.45, 2.75) is 19.0 Å². The predicted octanol–water partition coefficient (Wildman–Crippen LogP) is 3.12. The normalized spacial score (nSPS) is 10.8. The Bertz CT molecular complexity index is 903. The van der Waals surface area contributed by atoms with Crippen molar-refractivity contribution in [3.63, 3.8) is 0 Å². The Hall–Kier alpha value is -2.10. The molecular weight excluding hydrogens is 380 g/mol. The lowest BCUT2D eigenvalue weighted by Crippen LogP contribution is -2.16. The molecule has 2 heterocycles. The molecule has 3 aromatic rings. The molecule has 0 saturated carbocycles. The van der Waals surface area contributed by atoms with Gasteiger partial charge in [0.15, 0.2) is 11.0 Å². The maximum Gasteiger partial charge on any atom is 0.236 e. The molecular formula is C15H15ClN6OS2. The van der Waals surface area contributed by atoms with Crippen LogP contribution in [0.15, 0.2) is 29.4 Å². The number of anilines is 1. The number of nitrogens with one attached hydrogen (secondary N) is 1. The number of hydrogen-bond donors (Lipinski definition) is 2. The molecule has 0 spiro atoms. The van der Waals surface area contributed by atoms with E-state index in [0.29, 0.717) is 21.1 Å². The number of halogens is 1. The van der Waals surface area contributed by atoms with Crippen molar-refractivity contribution in [3.8, 4) is 11.4 Å². The monoisotopic (exact) mass is 394 g/mol. The van der Waals surface area contributed by atoms with Crippen LogP contribution in [0.3, 0.4) is 0 Å². The summed E-state index contributed by atoms with van der Waals surface area (Å²) in [6, 6.07) is 7.17. The Morgan fingerprint density at radius 1 is 1.40 bits per heavy atom. The van der Waals surface area contributed by atoms with Crippen molar-refractivity contribution >= 4 is 45.7 Å². The van der Waals surface area contributed by atoms with Gasteiger partial charge in [-0.05, 0) is 26.0 Å². The number of carbonyl (C=O) groups excluding carboxylic acids is 1. The number of rotatable bonds is 5. The molecule has 10 heteroatoms. The second-order valence-corrected chi connectivity index (χ2v) is 7.77. The van der Waals surface area contributed by atoms with Gasteiger partial charge in [-0.3, -0.25) is 4.79 Å². The average Bonchev–Trinajstić information content (AvgIpc) is 3.08. The highest BCUT2D eigenvalue weighted by atomic mass is 35.5. The maximum atomic E-state index is 12.1. The molecule has 0 radical (unpaired) electrons. The lowest BCUT2D eigenvalue weighted by atomic mass is 10.2. The van der Waals surface area contributed by atoms with Crippen LogP contribution in [0, 0.1) is 13.8 Å². The van der Waals surface area contributed by atoms with Gasteiger partial charge in [0.1, 0.15) is 0 Å². The van der Waals surface area contributed by atoms with E-state index in [4.69, 9.17) is 17.4 Å². The fraction of sp³-hybridized carbons (Fsp3) is 0.200. The molecule has 0 unspecified atom stereocenters. The number of nitrogen functional groups attached to an aromatic ring is 1. The molecule has 25 heavy (non-hydrogen) atoms. The van der Waals surface area contributed by atoms with Crippen molar-refractivity contribution in [1.82, 2.24) is 19.9 Å². The van der Waals surface area contributed by atoms with Crippen molar-refractivity contribution in [1.29, 1.82) is 0 Å². The van der Waals surface area contributed by atoms with Gasteiger partial charge in [-0.15, -0.1) is 21.5 Å². The number of aromatic nitrogens is 4. The van der Waals surface area contributed by atoms with Crippen LogP contribution in [-0.2, 0) is 4.79 Å². The molecule has 2 aromatic heterocycles. The number of thiazole rings is 1. The second kappa shape index (κ2) is 7.42. The van der Waals surface area contributed by atoms with Gasteiger partial charge in [0.05, 0.1) is 11.4 Å². The van der Waals surface area contributed by atoms with Crippen LogP contribution in [0.4, 0.5) is 5.13 Å². The first-order valence-electron chi connectivity index (χ1n) is 7.27. The fourth-order valence-corrected chi connectivity index (χ4v) is 3.69. The van der Waals surface area contributed by atoms with E-state index in [9.17, 15) is 4.79 Å². The molecule has 130 valence electrons. The summed E-state index contributed by atoms with van der Waals surface area (Å²) in [5.74, 6) is 6.50. The molecule has 0 fully saturated rings. The molecule has 0 saturated heterocycles. The predicted molar refractivity (Wildman–Crippen MR) is 102 cm³/mol. The van der Waals surface area contributed by atoms with Crippen molar-refractivity contribution < 1.29 is 4.79 Å². The number of amides is 1. The molecule has 0 aliphatic rings. The number of nitrogens with zero attached hydrogens (tertiary/aromatic N) is 4. The standard InChI is InChI=1S/C15H15ClN6OS2/c1-8-9(2)25-14(18-8)19-12(23)7-24-15-21-20-13(22(15)17)10-4-3-5-11(16)6-10/h3-6H,7,17H2,1-2H3,(H,18,19,23). The Morgan fingerprint density at radius 2 is 2.20 bits per heavy atom. The molecule has 0 bridgehead atoms. The molecule has 0 aliphatic carbocycles. The van der Waals surface area contributed by atoms with Crippen LogP contribution in [-0.4, -0.2) is 31.5 Å². The van der Waals surface area contributed by atoms with Crippen LogP contribution in [0.2, 0.25) is 5.02 Å². The number of nitrogens with two attached hydrogens (primary N) is 1. The quantitative estimate of drug-likeness (QED) is 0.509. The molecule has 0 aliphatic heterocycles. The molecule has 1 aromatic carbocycles. The minimum atomic E-state index is -0.175. The van der Waals surface area contributed by atoms with E-state index < -0.39 is 0 Å². The SMILES string of the molecule is Cc1nc(NC(=O)CSc2nnc(-c3cccc(Cl)c3)n2N)sc1C. The third-order valence-corrected chi connectivity index (χ3v) is 5.52. The van der Waals surface area contributed by atoms with E-state index in [1.165, 1.54) is 27.8 Å². The summed E-state index contributed by atoms with van der Waals surface area (Å²) in [4.78, 5) is 17.4. The van der Waals surface area contributed by atoms with E-state index in [1.54, 1.807) is 12.1 Å². The van der Waals surface area contributed by atoms with Crippen LogP contribution in [0.1, 0.15) is 10.6 Å². The van der Waals surface area contributed by atoms with Gasteiger partial charge < -0.3 is 11.2 Å². The summed E-state index contributed by atoms with van der Waals surface area (Å²) in [5.41, 5.74) is 1.67. The van der Waals surface area contributed by atoms with Crippen LogP contribution >= 0.6 is 34.7 Å². The fourth-order valence-electron chi connectivity index (χ4n) is 2.01. The highest BCUT2D eigenvalue weighted by molar-refractivity contribution is 7.99. The summed E-state index contributed by atoms with van der Waals surface area (Å²) in [5, 5.41) is 12.5. The van der Waals surface area contributed by atoms with E-state index in [2.05, 4.69) is 20.5 Å². The summed E-state index contributed by atoms with van der Waals surface area (Å²) in [6.07, 6.45) is 0. The average molecular weight is 395 g/mol. The number of carbonyl (C=O) groups is 1. The zero-order valence-corrected chi connectivity index (χ0v) is 15.9.